The highest BCUT2D eigenvalue weighted by Crippen LogP contribution is 2.38. The van der Waals surface area contributed by atoms with E-state index < -0.39 is 0 Å². The Morgan fingerprint density at radius 2 is 1.77 bits per heavy atom. The Labute approximate surface area is 159 Å². The standard InChI is InChI=1S/C18H18N2O4S2/c1-22-13-7-10(8-14(23-2)16(13)24-3)17(21)19-11-5-6-12-15(9-11)26-18(20-12)25-4/h5-9H,1-4H3,(H,19,21). The van der Waals surface area contributed by atoms with Crippen molar-refractivity contribution in [2.45, 2.75) is 4.34 Å². The van der Waals surface area contributed by atoms with Gasteiger partial charge in [0, 0.05) is 11.3 Å². The molecule has 3 aromatic rings. The van der Waals surface area contributed by atoms with E-state index in [9.17, 15) is 4.79 Å². The van der Waals surface area contributed by atoms with Gasteiger partial charge in [0.05, 0.1) is 31.5 Å². The number of carbonyl (C=O) groups excluding carboxylic acids is 1. The number of methoxy groups -OCH3 is 3. The van der Waals surface area contributed by atoms with Gasteiger partial charge < -0.3 is 19.5 Å². The van der Waals surface area contributed by atoms with Gasteiger partial charge in [-0.25, -0.2) is 4.98 Å². The van der Waals surface area contributed by atoms with Crippen molar-refractivity contribution in [1.29, 1.82) is 0 Å². The Hall–Kier alpha value is -2.45. The summed E-state index contributed by atoms with van der Waals surface area (Å²) in [4.78, 5) is 17.2. The first kappa shape index (κ1) is 18.3. The summed E-state index contributed by atoms with van der Waals surface area (Å²) in [6, 6.07) is 8.89. The highest BCUT2D eigenvalue weighted by molar-refractivity contribution is 8.00. The molecule has 0 aliphatic heterocycles. The summed E-state index contributed by atoms with van der Waals surface area (Å²) >= 11 is 3.20. The predicted molar refractivity (Wildman–Crippen MR) is 105 cm³/mol. The summed E-state index contributed by atoms with van der Waals surface area (Å²) in [5, 5.41) is 2.90. The molecule has 0 aliphatic rings. The van der Waals surface area contributed by atoms with Gasteiger partial charge in [0.15, 0.2) is 15.8 Å². The van der Waals surface area contributed by atoms with Crippen LogP contribution in [0.25, 0.3) is 10.2 Å². The van der Waals surface area contributed by atoms with E-state index in [1.54, 1.807) is 35.2 Å². The van der Waals surface area contributed by atoms with E-state index in [-0.39, 0.29) is 5.91 Å². The minimum atomic E-state index is -0.266. The maximum Gasteiger partial charge on any atom is 0.255 e. The van der Waals surface area contributed by atoms with Crippen LogP contribution in [0.1, 0.15) is 10.4 Å². The Morgan fingerprint density at radius 1 is 1.08 bits per heavy atom. The second-order valence-electron chi connectivity index (χ2n) is 5.23. The van der Waals surface area contributed by atoms with Crippen LogP contribution in [0, 0.1) is 0 Å². The van der Waals surface area contributed by atoms with Crippen LogP contribution in [0.15, 0.2) is 34.7 Å². The number of ether oxygens (including phenoxy) is 3. The van der Waals surface area contributed by atoms with E-state index in [0.29, 0.717) is 28.5 Å². The molecule has 1 amide bonds. The fourth-order valence-electron chi connectivity index (χ4n) is 2.48. The normalized spacial score (nSPS) is 10.6. The number of nitrogens with one attached hydrogen (secondary N) is 1. The average Bonchev–Trinajstić information content (AvgIpc) is 3.09. The molecule has 0 radical (unpaired) electrons. The van der Waals surface area contributed by atoms with Gasteiger partial charge in [-0.05, 0) is 36.6 Å². The first-order valence-corrected chi connectivity index (χ1v) is 9.69. The molecule has 3 rings (SSSR count). The number of thioether (sulfide) groups is 1. The van der Waals surface area contributed by atoms with Gasteiger partial charge in [0.2, 0.25) is 5.75 Å². The van der Waals surface area contributed by atoms with Crippen LogP contribution in [0.3, 0.4) is 0 Å². The van der Waals surface area contributed by atoms with Crippen molar-refractivity contribution >= 4 is 44.9 Å². The molecule has 0 spiro atoms. The number of rotatable bonds is 6. The minimum Gasteiger partial charge on any atom is -0.493 e. The molecule has 1 heterocycles. The molecule has 1 N–H and O–H groups in total. The molecule has 136 valence electrons. The Morgan fingerprint density at radius 3 is 2.35 bits per heavy atom. The zero-order valence-electron chi connectivity index (χ0n) is 14.8. The van der Waals surface area contributed by atoms with E-state index in [1.165, 1.54) is 21.3 Å². The second kappa shape index (κ2) is 7.84. The van der Waals surface area contributed by atoms with Gasteiger partial charge in [-0.3, -0.25) is 4.79 Å². The number of hydrogen-bond donors (Lipinski definition) is 1. The maximum atomic E-state index is 12.7. The third-order valence-electron chi connectivity index (χ3n) is 3.73. The topological polar surface area (TPSA) is 69.7 Å². The third kappa shape index (κ3) is 3.56. The molecule has 26 heavy (non-hydrogen) atoms. The molecule has 0 bridgehead atoms. The Bertz CT molecular complexity index is 931. The van der Waals surface area contributed by atoms with Crippen LogP contribution in [-0.4, -0.2) is 38.5 Å². The smallest absolute Gasteiger partial charge is 0.255 e. The molecule has 0 saturated carbocycles. The van der Waals surface area contributed by atoms with E-state index in [4.69, 9.17) is 14.2 Å². The summed E-state index contributed by atoms with van der Waals surface area (Å²) in [6.45, 7) is 0. The van der Waals surface area contributed by atoms with E-state index in [0.717, 1.165) is 14.6 Å². The van der Waals surface area contributed by atoms with Crippen molar-refractivity contribution in [2.24, 2.45) is 0 Å². The third-order valence-corrected chi connectivity index (χ3v) is 5.73. The van der Waals surface area contributed by atoms with E-state index >= 15 is 0 Å². The summed E-state index contributed by atoms with van der Waals surface area (Å²) < 4.78 is 17.9. The van der Waals surface area contributed by atoms with Crippen molar-refractivity contribution in [1.82, 2.24) is 4.98 Å². The number of aromatic nitrogens is 1. The largest absolute Gasteiger partial charge is 0.493 e. The number of hydrogen-bond acceptors (Lipinski definition) is 7. The number of anilines is 1. The zero-order chi connectivity index (χ0) is 18.7. The zero-order valence-corrected chi connectivity index (χ0v) is 16.4. The first-order chi connectivity index (χ1) is 12.6. The molecule has 0 unspecified atom stereocenters. The predicted octanol–water partition coefficient (Wildman–Crippen LogP) is 4.30. The van der Waals surface area contributed by atoms with Crippen molar-refractivity contribution in [3.05, 3.63) is 35.9 Å². The molecule has 2 aromatic carbocycles. The minimum absolute atomic E-state index is 0.266. The number of thiazole rings is 1. The number of fused-ring (bicyclic) bond motifs is 1. The lowest BCUT2D eigenvalue weighted by molar-refractivity contribution is 0.102. The van der Waals surface area contributed by atoms with Crippen LogP contribution in [0.5, 0.6) is 17.2 Å². The lowest BCUT2D eigenvalue weighted by Gasteiger charge is -2.14. The average molecular weight is 390 g/mol. The fraction of sp³-hybridized carbons (Fsp3) is 0.222. The number of benzene rings is 2. The highest BCUT2D eigenvalue weighted by atomic mass is 32.2. The highest BCUT2D eigenvalue weighted by Gasteiger charge is 2.17. The van der Waals surface area contributed by atoms with Crippen LogP contribution >= 0.6 is 23.1 Å². The van der Waals surface area contributed by atoms with Crippen LogP contribution in [0.2, 0.25) is 0 Å². The van der Waals surface area contributed by atoms with Crippen molar-refractivity contribution in [2.75, 3.05) is 32.9 Å². The number of carbonyl (C=O) groups is 1. The molecule has 1 aromatic heterocycles. The number of nitrogens with zero attached hydrogens (tertiary/aromatic N) is 1. The SMILES string of the molecule is COc1cc(C(=O)Nc2ccc3nc(SC)sc3c2)cc(OC)c1OC. The van der Waals surface area contributed by atoms with Gasteiger partial charge in [-0.2, -0.15) is 0 Å². The van der Waals surface area contributed by atoms with Crippen molar-refractivity contribution in [3.8, 4) is 17.2 Å². The number of amides is 1. The molecule has 8 heteroatoms. The molecule has 0 fully saturated rings. The maximum absolute atomic E-state index is 12.7. The van der Waals surface area contributed by atoms with Crippen LogP contribution in [0.4, 0.5) is 5.69 Å². The lowest BCUT2D eigenvalue weighted by atomic mass is 10.1. The van der Waals surface area contributed by atoms with E-state index in [2.05, 4.69) is 10.3 Å². The first-order valence-electron chi connectivity index (χ1n) is 7.65. The molecular formula is C18H18N2O4S2. The van der Waals surface area contributed by atoms with Crippen LogP contribution in [-0.2, 0) is 0 Å². The summed E-state index contributed by atoms with van der Waals surface area (Å²) in [5.41, 5.74) is 2.03. The van der Waals surface area contributed by atoms with Gasteiger partial charge in [0.25, 0.3) is 5.91 Å². The van der Waals surface area contributed by atoms with Gasteiger partial charge in [-0.1, -0.05) is 11.8 Å². The monoisotopic (exact) mass is 390 g/mol. The van der Waals surface area contributed by atoms with Crippen molar-refractivity contribution < 1.29 is 19.0 Å². The van der Waals surface area contributed by atoms with Gasteiger partial charge >= 0.3 is 0 Å². The van der Waals surface area contributed by atoms with Gasteiger partial charge in [-0.15, -0.1) is 11.3 Å². The van der Waals surface area contributed by atoms with Crippen LogP contribution < -0.4 is 19.5 Å². The molecule has 0 aliphatic carbocycles. The van der Waals surface area contributed by atoms with E-state index in [1.807, 2.05) is 24.5 Å². The molecule has 0 saturated heterocycles. The second-order valence-corrected chi connectivity index (χ2v) is 7.32. The molecular weight excluding hydrogens is 372 g/mol. The Balaban J connectivity index is 1.90. The lowest BCUT2D eigenvalue weighted by Crippen LogP contribution is -2.12. The molecule has 6 nitrogen and oxygen atoms in total. The van der Waals surface area contributed by atoms with Gasteiger partial charge in [0.1, 0.15) is 0 Å². The summed E-state index contributed by atoms with van der Waals surface area (Å²) in [5.74, 6) is 1.04. The fourth-order valence-corrected chi connectivity index (χ4v) is 4.01. The molecule has 0 atom stereocenters. The summed E-state index contributed by atoms with van der Waals surface area (Å²) in [7, 11) is 4.55. The Kier molecular flexibility index (Phi) is 5.53. The summed E-state index contributed by atoms with van der Waals surface area (Å²) in [6.07, 6.45) is 1.99. The van der Waals surface area contributed by atoms with Crippen molar-refractivity contribution in [3.63, 3.8) is 0 Å². The quantitative estimate of drug-likeness (QED) is 0.633.